The maximum absolute atomic E-state index is 14.2. The number of ether oxygens (including phenoxy) is 1. The average molecular weight is 514 g/mol. The van der Waals surface area contributed by atoms with Crippen molar-refractivity contribution in [3.05, 3.63) is 71.0 Å². The molecule has 36 heavy (non-hydrogen) atoms. The third-order valence-corrected chi connectivity index (χ3v) is 9.76. The standard InChI is InChI=1S/C28H36FN3O3S/c1-19(24-6-4-5-7-25(24)29)30-27-31-36(33,34)26(28(2,3)35-27)18-20-8-10-21(11-9-20)22-14-16-32(17-15-22)23-12-13-23/h4-11,19,22-23,26H,12-18H2,1-3H3,(H,30,31)/t19-,26+/m0/s1. The summed E-state index contributed by atoms with van der Waals surface area (Å²) in [5.41, 5.74) is 1.69. The van der Waals surface area contributed by atoms with Crippen LogP contribution >= 0.6 is 0 Å². The van der Waals surface area contributed by atoms with Crippen LogP contribution in [0.5, 0.6) is 0 Å². The van der Waals surface area contributed by atoms with E-state index in [0.717, 1.165) is 11.6 Å². The van der Waals surface area contributed by atoms with Crippen molar-refractivity contribution in [3.8, 4) is 0 Å². The van der Waals surface area contributed by atoms with Crippen molar-refractivity contribution in [1.82, 2.24) is 10.2 Å². The number of amidine groups is 1. The van der Waals surface area contributed by atoms with E-state index in [0.29, 0.717) is 17.9 Å². The zero-order chi connectivity index (χ0) is 25.5. The number of rotatable bonds is 6. The molecule has 2 fully saturated rings. The molecule has 0 unspecified atom stereocenters. The van der Waals surface area contributed by atoms with Gasteiger partial charge in [0.05, 0.1) is 6.04 Å². The molecule has 1 saturated heterocycles. The fourth-order valence-corrected chi connectivity index (χ4v) is 7.16. The Hall–Kier alpha value is -2.45. The molecule has 8 heteroatoms. The molecule has 0 aromatic heterocycles. The van der Waals surface area contributed by atoms with Crippen LogP contribution in [0.25, 0.3) is 0 Å². The first-order chi connectivity index (χ1) is 17.1. The van der Waals surface area contributed by atoms with Crippen LogP contribution in [0, 0.1) is 5.82 Å². The summed E-state index contributed by atoms with van der Waals surface area (Å²) in [5.74, 6) is 0.202. The minimum Gasteiger partial charge on any atom is -0.457 e. The third kappa shape index (κ3) is 5.44. The molecule has 2 aromatic rings. The fraction of sp³-hybridized carbons (Fsp3) is 0.536. The van der Waals surface area contributed by atoms with E-state index in [1.54, 1.807) is 39.0 Å². The predicted molar refractivity (Wildman–Crippen MR) is 140 cm³/mol. The van der Waals surface area contributed by atoms with Crippen LogP contribution in [-0.2, 0) is 21.2 Å². The number of hydrogen-bond donors (Lipinski definition) is 1. The summed E-state index contributed by atoms with van der Waals surface area (Å²) in [6, 6.07) is 15.0. The predicted octanol–water partition coefficient (Wildman–Crippen LogP) is 4.92. The lowest BCUT2D eigenvalue weighted by Crippen LogP contribution is -2.52. The Bertz CT molecular complexity index is 1220. The zero-order valence-corrected chi connectivity index (χ0v) is 22.1. The number of halogens is 1. The van der Waals surface area contributed by atoms with Crippen molar-refractivity contribution >= 4 is 16.0 Å². The number of nitrogens with zero attached hydrogens (tertiary/aromatic N) is 2. The SMILES string of the molecule is C[C@H](NC1=NS(=O)(=O)[C@H](Cc2ccc(C3CCN(C4CC4)CC3)cc2)C(C)(C)O1)c1ccccc1F. The molecule has 1 N–H and O–H groups in total. The molecular weight excluding hydrogens is 477 g/mol. The lowest BCUT2D eigenvalue weighted by molar-refractivity contribution is 0.0769. The summed E-state index contributed by atoms with van der Waals surface area (Å²) in [4.78, 5) is 2.63. The Kier molecular flexibility index (Phi) is 6.85. The van der Waals surface area contributed by atoms with Crippen LogP contribution in [-0.4, -0.2) is 49.3 Å². The number of likely N-dealkylation sites (tertiary alicyclic amines) is 1. The second-order valence-corrected chi connectivity index (χ2v) is 12.8. The molecule has 0 radical (unpaired) electrons. The summed E-state index contributed by atoms with van der Waals surface area (Å²) >= 11 is 0. The second-order valence-electron chi connectivity index (χ2n) is 11.0. The topological polar surface area (TPSA) is 71.0 Å². The van der Waals surface area contributed by atoms with Crippen LogP contribution in [0.1, 0.15) is 75.1 Å². The summed E-state index contributed by atoms with van der Waals surface area (Å²) in [5, 5.41) is 2.11. The molecule has 194 valence electrons. The van der Waals surface area contributed by atoms with Gasteiger partial charge in [-0.15, -0.1) is 4.40 Å². The van der Waals surface area contributed by atoms with E-state index in [1.165, 1.54) is 50.4 Å². The smallest absolute Gasteiger partial charge is 0.301 e. The van der Waals surface area contributed by atoms with E-state index >= 15 is 0 Å². The summed E-state index contributed by atoms with van der Waals surface area (Å²) in [6.07, 6.45) is 5.40. The van der Waals surface area contributed by atoms with Crippen LogP contribution < -0.4 is 5.32 Å². The van der Waals surface area contributed by atoms with Crippen molar-refractivity contribution in [3.63, 3.8) is 0 Å². The summed E-state index contributed by atoms with van der Waals surface area (Å²) in [7, 11) is -3.85. The maximum Gasteiger partial charge on any atom is 0.301 e. The number of sulfonamides is 1. The van der Waals surface area contributed by atoms with Crippen LogP contribution in [0.4, 0.5) is 4.39 Å². The van der Waals surface area contributed by atoms with Gasteiger partial charge < -0.3 is 15.0 Å². The molecule has 0 bridgehead atoms. The van der Waals surface area contributed by atoms with Crippen molar-refractivity contribution in [2.24, 2.45) is 4.40 Å². The first-order valence-corrected chi connectivity index (χ1v) is 14.5. The van der Waals surface area contributed by atoms with Gasteiger partial charge in [0.25, 0.3) is 10.0 Å². The highest BCUT2D eigenvalue weighted by Crippen LogP contribution is 2.35. The Labute approximate surface area is 214 Å². The highest BCUT2D eigenvalue weighted by Gasteiger charge is 2.46. The lowest BCUT2D eigenvalue weighted by Gasteiger charge is -2.37. The van der Waals surface area contributed by atoms with Gasteiger partial charge in [-0.05, 0) is 89.1 Å². The van der Waals surface area contributed by atoms with Crippen LogP contribution in [0.3, 0.4) is 0 Å². The van der Waals surface area contributed by atoms with Crippen molar-refractivity contribution in [2.45, 2.75) is 81.7 Å². The largest absolute Gasteiger partial charge is 0.457 e. The molecule has 5 rings (SSSR count). The highest BCUT2D eigenvalue weighted by molar-refractivity contribution is 7.91. The second kappa shape index (κ2) is 9.78. The van der Waals surface area contributed by atoms with E-state index in [1.807, 2.05) is 12.1 Å². The first kappa shape index (κ1) is 25.2. The minimum absolute atomic E-state index is 0.0973. The van der Waals surface area contributed by atoms with E-state index in [-0.39, 0.29) is 11.8 Å². The van der Waals surface area contributed by atoms with Gasteiger partial charge in [0.1, 0.15) is 16.7 Å². The van der Waals surface area contributed by atoms with Gasteiger partial charge in [0.2, 0.25) is 0 Å². The molecule has 1 aliphatic carbocycles. The average Bonchev–Trinajstić information content (AvgIpc) is 3.67. The van der Waals surface area contributed by atoms with Gasteiger partial charge in [-0.2, -0.15) is 0 Å². The Morgan fingerprint density at radius 2 is 1.75 bits per heavy atom. The maximum atomic E-state index is 14.2. The zero-order valence-electron chi connectivity index (χ0n) is 21.3. The Balaban J connectivity index is 1.25. The van der Waals surface area contributed by atoms with E-state index < -0.39 is 26.9 Å². The molecule has 2 aromatic carbocycles. The minimum atomic E-state index is -3.85. The van der Waals surface area contributed by atoms with Crippen LogP contribution in [0.15, 0.2) is 52.9 Å². The van der Waals surface area contributed by atoms with Gasteiger partial charge in [-0.3, -0.25) is 0 Å². The van der Waals surface area contributed by atoms with E-state index in [4.69, 9.17) is 4.74 Å². The Morgan fingerprint density at radius 3 is 2.36 bits per heavy atom. The highest BCUT2D eigenvalue weighted by atomic mass is 32.2. The third-order valence-electron chi connectivity index (χ3n) is 7.88. The van der Waals surface area contributed by atoms with E-state index in [9.17, 15) is 12.8 Å². The molecule has 0 amide bonds. The Morgan fingerprint density at radius 1 is 1.08 bits per heavy atom. The first-order valence-electron chi connectivity index (χ1n) is 13.0. The monoisotopic (exact) mass is 513 g/mol. The molecule has 3 aliphatic rings. The molecule has 2 atom stereocenters. The number of nitrogens with one attached hydrogen (secondary N) is 1. The summed E-state index contributed by atoms with van der Waals surface area (Å²) < 4.78 is 50.5. The molecule has 6 nitrogen and oxygen atoms in total. The fourth-order valence-electron chi connectivity index (χ4n) is 5.55. The van der Waals surface area contributed by atoms with Gasteiger partial charge in [0.15, 0.2) is 0 Å². The van der Waals surface area contributed by atoms with Gasteiger partial charge in [0, 0.05) is 11.6 Å². The van der Waals surface area contributed by atoms with Gasteiger partial charge >= 0.3 is 6.02 Å². The molecular formula is C28H36FN3O3S. The lowest BCUT2D eigenvalue weighted by atomic mass is 9.88. The van der Waals surface area contributed by atoms with Crippen molar-refractivity contribution < 1.29 is 17.5 Å². The molecule has 1 saturated carbocycles. The van der Waals surface area contributed by atoms with Gasteiger partial charge in [-0.25, -0.2) is 12.8 Å². The van der Waals surface area contributed by atoms with Gasteiger partial charge in [-0.1, -0.05) is 42.5 Å². The number of benzene rings is 2. The quantitative estimate of drug-likeness (QED) is 0.594. The molecule has 2 aliphatic heterocycles. The summed E-state index contributed by atoms with van der Waals surface area (Å²) in [6.45, 7) is 7.62. The van der Waals surface area contributed by atoms with Crippen molar-refractivity contribution in [2.75, 3.05) is 13.1 Å². The van der Waals surface area contributed by atoms with Crippen molar-refractivity contribution in [1.29, 1.82) is 0 Å². The van der Waals surface area contributed by atoms with Crippen LogP contribution in [0.2, 0.25) is 0 Å². The normalized spacial score (nSPS) is 25.0. The van der Waals surface area contributed by atoms with E-state index in [2.05, 4.69) is 26.7 Å². The molecule has 0 spiro atoms. The number of hydrogen-bond acceptors (Lipinski definition) is 5. The molecule has 2 heterocycles. The number of piperidine rings is 1.